The van der Waals surface area contributed by atoms with Crippen molar-refractivity contribution in [2.75, 3.05) is 6.26 Å². The van der Waals surface area contributed by atoms with E-state index in [-0.39, 0.29) is 18.9 Å². The van der Waals surface area contributed by atoms with Crippen LogP contribution in [0.2, 0.25) is 0 Å². The monoisotopic (exact) mass is 131 g/mol. The van der Waals surface area contributed by atoms with Gasteiger partial charge in [0.15, 0.2) is 0 Å². The second-order valence-electron chi connectivity index (χ2n) is 1.52. The van der Waals surface area contributed by atoms with Gasteiger partial charge in [-0.2, -0.15) is 0 Å². The third-order valence-corrected chi connectivity index (χ3v) is 1.72. The summed E-state index contributed by atoms with van der Waals surface area (Å²) < 4.78 is 0. The van der Waals surface area contributed by atoms with Gasteiger partial charge in [0.2, 0.25) is 0 Å². The Morgan fingerprint density at radius 3 is 2.00 bits per heavy atom. The molecule has 0 N–H and O–H groups in total. The molecule has 0 amide bonds. The molecule has 0 aliphatic heterocycles. The zero-order chi connectivity index (χ0) is 5.82. The average molecular weight is 131 g/mol. The van der Waals surface area contributed by atoms with E-state index in [1.54, 1.807) is 11.8 Å². The zero-order valence-electron chi connectivity index (χ0n) is 5.79. The van der Waals surface area contributed by atoms with E-state index >= 15 is 0 Å². The van der Waals surface area contributed by atoms with Gasteiger partial charge in [-0.25, -0.2) is 0 Å². The van der Waals surface area contributed by atoms with E-state index in [1.165, 1.54) is 4.90 Å². The molecule has 1 rings (SSSR count). The molecule has 0 heterocycles. The maximum absolute atomic E-state index is 2.10. The van der Waals surface area contributed by atoms with E-state index in [4.69, 9.17) is 0 Å². The molecule has 0 unspecified atom stereocenters. The summed E-state index contributed by atoms with van der Waals surface area (Å²) in [5, 5.41) is 0. The first kappa shape index (κ1) is 9.17. The molecule has 0 fully saturated rings. The molecule has 9 heavy (non-hydrogen) atoms. The van der Waals surface area contributed by atoms with Gasteiger partial charge < -0.3 is 0 Å². The summed E-state index contributed by atoms with van der Waals surface area (Å²) in [4.78, 5) is 1.33. The summed E-state index contributed by atoms with van der Waals surface area (Å²) in [5.74, 6) is 0. The topological polar surface area (TPSA) is 0 Å². The molecule has 43 valence electrons. The maximum Gasteiger partial charge on any atom is 0.00691 e. The minimum atomic E-state index is 0. The third-order valence-electron chi connectivity index (χ3n) is 0.979. The van der Waals surface area contributed by atoms with Gasteiger partial charge in [-0.3, -0.25) is 0 Å². The summed E-state index contributed by atoms with van der Waals surface area (Å²) in [6.07, 6.45) is 2.08. The van der Waals surface area contributed by atoms with Crippen molar-refractivity contribution in [2.45, 2.75) is 4.90 Å². The quantitative estimate of drug-likeness (QED) is 0.415. The number of benzene rings is 1. The van der Waals surface area contributed by atoms with Crippen LogP contribution in [0.3, 0.4) is 0 Å². The normalized spacial score (nSPS) is 8.11. The SMILES string of the molecule is CSc1ccccc1.[Li]. The Bertz CT molecular complexity index is 150. The molecule has 0 aromatic heterocycles. The van der Waals surface area contributed by atoms with Crippen LogP contribution in [0.25, 0.3) is 0 Å². The van der Waals surface area contributed by atoms with E-state index in [2.05, 4.69) is 18.4 Å². The van der Waals surface area contributed by atoms with E-state index in [0.29, 0.717) is 0 Å². The molecule has 0 saturated heterocycles. The van der Waals surface area contributed by atoms with Gasteiger partial charge in [0, 0.05) is 23.8 Å². The molecule has 2 heteroatoms. The van der Waals surface area contributed by atoms with Gasteiger partial charge in [-0.05, 0) is 18.4 Å². The Morgan fingerprint density at radius 1 is 1.11 bits per heavy atom. The van der Waals surface area contributed by atoms with Crippen LogP contribution in [-0.2, 0) is 0 Å². The van der Waals surface area contributed by atoms with Gasteiger partial charge in [-0.1, -0.05) is 18.2 Å². The summed E-state index contributed by atoms with van der Waals surface area (Å²) >= 11 is 1.77. The fraction of sp³-hybridized carbons (Fsp3) is 0.143. The molecule has 1 radical (unpaired) electrons. The molecule has 0 nitrogen and oxygen atoms in total. The van der Waals surface area contributed by atoms with Crippen LogP contribution < -0.4 is 0 Å². The second-order valence-corrected chi connectivity index (χ2v) is 2.40. The van der Waals surface area contributed by atoms with Crippen molar-refractivity contribution in [1.82, 2.24) is 0 Å². The predicted octanol–water partition coefficient (Wildman–Crippen LogP) is 2.03. The largest absolute Gasteiger partial charge is 0.130 e. The fourth-order valence-electron chi connectivity index (χ4n) is 0.557. The van der Waals surface area contributed by atoms with Gasteiger partial charge in [-0.15, -0.1) is 11.8 Å². The van der Waals surface area contributed by atoms with Gasteiger partial charge in [0.1, 0.15) is 0 Å². The molecule has 1 aromatic carbocycles. The molecule has 0 atom stereocenters. The smallest absolute Gasteiger partial charge is 0.00691 e. The van der Waals surface area contributed by atoms with E-state index in [9.17, 15) is 0 Å². The van der Waals surface area contributed by atoms with Crippen molar-refractivity contribution in [2.24, 2.45) is 0 Å². The van der Waals surface area contributed by atoms with E-state index < -0.39 is 0 Å². The Balaban J connectivity index is 0.000000640. The van der Waals surface area contributed by atoms with Crippen LogP contribution in [0, 0.1) is 0 Å². The molecule has 0 saturated carbocycles. The summed E-state index contributed by atoms with van der Waals surface area (Å²) in [6, 6.07) is 10.3. The Morgan fingerprint density at radius 2 is 1.67 bits per heavy atom. The Kier molecular flexibility index (Phi) is 5.09. The molecule has 0 spiro atoms. The van der Waals surface area contributed by atoms with Crippen LogP contribution in [0.5, 0.6) is 0 Å². The van der Waals surface area contributed by atoms with Crippen LogP contribution >= 0.6 is 11.8 Å². The zero-order valence-corrected chi connectivity index (χ0v) is 6.61. The van der Waals surface area contributed by atoms with Crippen molar-refractivity contribution in [1.29, 1.82) is 0 Å². The summed E-state index contributed by atoms with van der Waals surface area (Å²) in [5.41, 5.74) is 0. The van der Waals surface area contributed by atoms with Gasteiger partial charge >= 0.3 is 0 Å². The standard InChI is InChI=1S/C7H8S.Li/c1-8-7-5-3-2-4-6-7;/h2-6H,1H3;. The van der Waals surface area contributed by atoms with E-state index in [0.717, 1.165) is 0 Å². The third kappa shape index (κ3) is 3.01. The van der Waals surface area contributed by atoms with Crippen LogP contribution in [0.1, 0.15) is 0 Å². The summed E-state index contributed by atoms with van der Waals surface area (Å²) in [7, 11) is 0. The van der Waals surface area contributed by atoms with Gasteiger partial charge in [0.05, 0.1) is 0 Å². The van der Waals surface area contributed by atoms with Gasteiger partial charge in [0.25, 0.3) is 0 Å². The van der Waals surface area contributed by atoms with E-state index in [1.807, 2.05) is 18.2 Å². The molecular formula is C7H8LiS. The van der Waals surface area contributed by atoms with Crippen molar-refractivity contribution >= 4 is 30.6 Å². The number of rotatable bonds is 1. The molecular weight excluding hydrogens is 123 g/mol. The number of hydrogen-bond acceptors (Lipinski definition) is 1. The number of thioether (sulfide) groups is 1. The first-order valence-corrected chi connectivity index (χ1v) is 3.75. The predicted molar refractivity (Wildman–Crippen MR) is 44.0 cm³/mol. The van der Waals surface area contributed by atoms with Crippen molar-refractivity contribution in [3.8, 4) is 0 Å². The molecule has 1 aromatic rings. The fourth-order valence-corrected chi connectivity index (χ4v) is 0.986. The van der Waals surface area contributed by atoms with Crippen molar-refractivity contribution in [3.63, 3.8) is 0 Å². The van der Waals surface area contributed by atoms with Crippen LogP contribution in [0.4, 0.5) is 0 Å². The molecule has 0 aliphatic carbocycles. The Hall–Kier alpha value is 0.167. The van der Waals surface area contributed by atoms with Crippen LogP contribution in [-0.4, -0.2) is 25.1 Å². The minimum absolute atomic E-state index is 0. The summed E-state index contributed by atoms with van der Waals surface area (Å²) in [6.45, 7) is 0. The first-order chi connectivity index (χ1) is 3.93. The Labute approximate surface area is 72.2 Å². The molecule has 0 bridgehead atoms. The second kappa shape index (κ2) is 4.99. The van der Waals surface area contributed by atoms with Crippen LogP contribution in [0.15, 0.2) is 35.2 Å². The first-order valence-electron chi connectivity index (χ1n) is 2.52. The maximum atomic E-state index is 2.10. The minimum Gasteiger partial charge on any atom is -0.130 e. The molecule has 0 aliphatic rings. The average Bonchev–Trinajstić information content (AvgIpc) is 1.90. The van der Waals surface area contributed by atoms with Crippen molar-refractivity contribution < 1.29 is 0 Å². The number of hydrogen-bond donors (Lipinski definition) is 0. The van der Waals surface area contributed by atoms with Crippen molar-refractivity contribution in [3.05, 3.63) is 30.3 Å².